The van der Waals surface area contributed by atoms with Crippen molar-refractivity contribution in [2.75, 3.05) is 18.1 Å². The Morgan fingerprint density at radius 2 is 1.88 bits per heavy atom. The Labute approximate surface area is 101 Å². The highest BCUT2D eigenvalue weighted by Crippen LogP contribution is 2.12. The summed E-state index contributed by atoms with van der Waals surface area (Å²) in [6.45, 7) is 1.37. The zero-order valence-corrected chi connectivity index (χ0v) is 9.53. The summed E-state index contributed by atoms with van der Waals surface area (Å²) < 4.78 is 0. The van der Waals surface area contributed by atoms with E-state index in [0.29, 0.717) is 6.54 Å². The van der Waals surface area contributed by atoms with E-state index >= 15 is 0 Å². The Balaban J connectivity index is 2.13. The second kappa shape index (κ2) is 5.96. The van der Waals surface area contributed by atoms with Gasteiger partial charge in [-0.1, -0.05) is 30.3 Å². The highest BCUT2D eigenvalue weighted by molar-refractivity contribution is 5.37. The van der Waals surface area contributed by atoms with E-state index in [0.717, 1.165) is 12.4 Å². The van der Waals surface area contributed by atoms with Crippen LogP contribution in [-0.4, -0.2) is 28.5 Å². The Kier molecular flexibility index (Phi) is 4.05. The number of anilines is 1. The van der Waals surface area contributed by atoms with Crippen molar-refractivity contribution in [3.05, 3.63) is 54.2 Å². The van der Waals surface area contributed by atoms with Gasteiger partial charge in [-0.05, 0) is 17.7 Å². The lowest BCUT2D eigenvalue weighted by Gasteiger charge is -2.22. The summed E-state index contributed by atoms with van der Waals surface area (Å²) in [4.78, 5) is 2.00. The van der Waals surface area contributed by atoms with Crippen LogP contribution in [0.5, 0.6) is 0 Å². The van der Waals surface area contributed by atoms with Gasteiger partial charge in [-0.3, -0.25) is 0 Å². The van der Waals surface area contributed by atoms with E-state index in [1.807, 2.05) is 35.2 Å². The number of hydrogen-bond acceptors (Lipinski definition) is 4. The molecule has 1 aromatic carbocycles. The van der Waals surface area contributed by atoms with Crippen molar-refractivity contribution < 1.29 is 5.11 Å². The number of hydrogen-bond donors (Lipinski definition) is 1. The maximum atomic E-state index is 9.09. The average Bonchev–Trinajstić information content (AvgIpc) is 2.40. The standard InChI is InChI=1S/C13H15N3O/c17-10-9-16(13-7-4-8-14-15-13)11-12-5-2-1-3-6-12/h1-8,17H,9-11H2. The molecule has 4 heteroatoms. The predicted molar refractivity (Wildman–Crippen MR) is 66.6 cm³/mol. The van der Waals surface area contributed by atoms with Crippen LogP contribution in [0.4, 0.5) is 5.82 Å². The largest absolute Gasteiger partial charge is 0.395 e. The van der Waals surface area contributed by atoms with Gasteiger partial charge < -0.3 is 10.0 Å². The van der Waals surface area contributed by atoms with E-state index in [-0.39, 0.29) is 6.61 Å². The molecule has 0 aliphatic carbocycles. The van der Waals surface area contributed by atoms with Crippen LogP contribution < -0.4 is 4.90 Å². The molecule has 0 spiro atoms. The fraction of sp³-hybridized carbons (Fsp3) is 0.231. The first-order valence-electron chi connectivity index (χ1n) is 5.57. The van der Waals surface area contributed by atoms with Gasteiger partial charge in [0, 0.05) is 19.3 Å². The van der Waals surface area contributed by atoms with E-state index in [2.05, 4.69) is 22.3 Å². The lowest BCUT2D eigenvalue weighted by Crippen LogP contribution is -2.27. The van der Waals surface area contributed by atoms with Crippen LogP contribution in [0.2, 0.25) is 0 Å². The summed E-state index contributed by atoms with van der Waals surface area (Å²) in [7, 11) is 0. The fourth-order valence-corrected chi connectivity index (χ4v) is 1.66. The molecule has 0 bridgehead atoms. The van der Waals surface area contributed by atoms with E-state index in [4.69, 9.17) is 5.11 Å². The predicted octanol–water partition coefficient (Wildman–Crippen LogP) is 1.48. The molecule has 1 heterocycles. The summed E-state index contributed by atoms with van der Waals surface area (Å²) in [5, 5.41) is 17.0. The third-order valence-electron chi connectivity index (χ3n) is 2.47. The second-order valence-electron chi connectivity index (χ2n) is 3.71. The van der Waals surface area contributed by atoms with Crippen LogP contribution in [0.25, 0.3) is 0 Å². The highest BCUT2D eigenvalue weighted by Gasteiger charge is 2.07. The van der Waals surface area contributed by atoms with E-state index < -0.39 is 0 Å². The third kappa shape index (κ3) is 3.26. The zero-order valence-electron chi connectivity index (χ0n) is 9.53. The number of aliphatic hydroxyl groups excluding tert-OH is 1. The van der Waals surface area contributed by atoms with Gasteiger partial charge in [0.15, 0.2) is 5.82 Å². The molecule has 88 valence electrons. The molecule has 2 rings (SSSR count). The van der Waals surface area contributed by atoms with Gasteiger partial charge in [0.2, 0.25) is 0 Å². The van der Waals surface area contributed by atoms with Gasteiger partial charge in [-0.2, -0.15) is 5.10 Å². The van der Waals surface area contributed by atoms with E-state index in [1.165, 1.54) is 5.56 Å². The minimum atomic E-state index is 0.101. The molecule has 1 N–H and O–H groups in total. The van der Waals surface area contributed by atoms with Crippen LogP contribution in [0, 0.1) is 0 Å². The van der Waals surface area contributed by atoms with Crippen molar-refractivity contribution >= 4 is 5.82 Å². The minimum absolute atomic E-state index is 0.101. The molecule has 0 saturated carbocycles. The molecule has 0 unspecified atom stereocenters. The van der Waals surface area contributed by atoms with Gasteiger partial charge in [0.05, 0.1) is 6.61 Å². The van der Waals surface area contributed by atoms with Gasteiger partial charge >= 0.3 is 0 Å². The van der Waals surface area contributed by atoms with Crippen LogP contribution in [0.15, 0.2) is 48.7 Å². The fourth-order valence-electron chi connectivity index (χ4n) is 1.66. The van der Waals surface area contributed by atoms with Crippen LogP contribution in [-0.2, 0) is 6.54 Å². The number of aliphatic hydroxyl groups is 1. The van der Waals surface area contributed by atoms with E-state index in [9.17, 15) is 0 Å². The second-order valence-corrected chi connectivity index (χ2v) is 3.71. The minimum Gasteiger partial charge on any atom is -0.395 e. The Bertz CT molecular complexity index is 433. The molecule has 0 saturated heterocycles. The molecular weight excluding hydrogens is 214 g/mol. The lowest BCUT2D eigenvalue weighted by atomic mass is 10.2. The lowest BCUT2D eigenvalue weighted by molar-refractivity contribution is 0.301. The van der Waals surface area contributed by atoms with Crippen molar-refractivity contribution in [1.82, 2.24) is 10.2 Å². The summed E-state index contributed by atoms with van der Waals surface area (Å²) in [5.74, 6) is 0.783. The summed E-state index contributed by atoms with van der Waals surface area (Å²) in [6, 6.07) is 13.8. The first-order valence-corrected chi connectivity index (χ1v) is 5.57. The number of nitrogens with zero attached hydrogens (tertiary/aromatic N) is 3. The first-order chi connectivity index (χ1) is 8.40. The SMILES string of the molecule is OCCN(Cc1ccccc1)c1cccnn1. The van der Waals surface area contributed by atoms with Crippen molar-refractivity contribution in [3.63, 3.8) is 0 Å². The summed E-state index contributed by atoms with van der Waals surface area (Å²) >= 11 is 0. The summed E-state index contributed by atoms with van der Waals surface area (Å²) in [6.07, 6.45) is 1.64. The monoisotopic (exact) mass is 229 g/mol. The number of rotatable bonds is 5. The Morgan fingerprint density at radius 1 is 1.06 bits per heavy atom. The summed E-state index contributed by atoms with van der Waals surface area (Å²) in [5.41, 5.74) is 1.19. The molecule has 0 atom stereocenters. The van der Waals surface area contributed by atoms with Gasteiger partial charge in [0.1, 0.15) is 0 Å². The van der Waals surface area contributed by atoms with Crippen LogP contribution in [0.1, 0.15) is 5.56 Å². The quantitative estimate of drug-likeness (QED) is 0.843. The number of aromatic nitrogens is 2. The van der Waals surface area contributed by atoms with Crippen LogP contribution in [0.3, 0.4) is 0 Å². The maximum absolute atomic E-state index is 9.09. The molecule has 0 aliphatic heterocycles. The molecule has 0 fully saturated rings. The van der Waals surface area contributed by atoms with Crippen molar-refractivity contribution in [3.8, 4) is 0 Å². The molecule has 1 aromatic heterocycles. The molecular formula is C13H15N3O. The van der Waals surface area contributed by atoms with Crippen molar-refractivity contribution in [2.24, 2.45) is 0 Å². The average molecular weight is 229 g/mol. The Hall–Kier alpha value is -1.94. The molecule has 4 nitrogen and oxygen atoms in total. The smallest absolute Gasteiger partial charge is 0.151 e. The topological polar surface area (TPSA) is 49.2 Å². The maximum Gasteiger partial charge on any atom is 0.151 e. The first kappa shape index (κ1) is 11.5. The Morgan fingerprint density at radius 3 is 2.53 bits per heavy atom. The van der Waals surface area contributed by atoms with Gasteiger partial charge in [0.25, 0.3) is 0 Å². The van der Waals surface area contributed by atoms with Crippen molar-refractivity contribution in [2.45, 2.75) is 6.54 Å². The van der Waals surface area contributed by atoms with Gasteiger partial charge in [-0.25, -0.2) is 0 Å². The van der Waals surface area contributed by atoms with Crippen LogP contribution >= 0.6 is 0 Å². The van der Waals surface area contributed by atoms with Crippen molar-refractivity contribution in [1.29, 1.82) is 0 Å². The van der Waals surface area contributed by atoms with E-state index in [1.54, 1.807) is 6.20 Å². The molecule has 0 radical (unpaired) electrons. The highest BCUT2D eigenvalue weighted by atomic mass is 16.3. The molecule has 0 amide bonds. The molecule has 17 heavy (non-hydrogen) atoms. The normalized spacial score (nSPS) is 10.2. The number of benzene rings is 1. The molecule has 0 aliphatic rings. The zero-order chi connectivity index (χ0) is 11.9. The third-order valence-corrected chi connectivity index (χ3v) is 2.47. The molecule has 2 aromatic rings. The van der Waals surface area contributed by atoms with Gasteiger partial charge in [-0.15, -0.1) is 5.10 Å².